The molecular formula is C22H14F4N2O3S2. The van der Waals surface area contributed by atoms with Gasteiger partial charge in [-0.3, -0.25) is 10.1 Å². The Morgan fingerprint density at radius 3 is 2.67 bits per heavy atom. The number of amides is 1. The first-order valence-corrected chi connectivity index (χ1v) is 11.2. The normalized spacial score (nSPS) is 11.5. The van der Waals surface area contributed by atoms with Gasteiger partial charge in [0.25, 0.3) is 5.91 Å². The van der Waals surface area contributed by atoms with E-state index in [2.05, 4.69) is 10.3 Å². The molecule has 0 aliphatic rings. The van der Waals surface area contributed by atoms with Crippen LogP contribution in [0.4, 0.5) is 22.7 Å². The molecule has 0 bridgehead atoms. The third-order valence-corrected chi connectivity index (χ3v) is 6.41. The molecular weight excluding hydrogens is 480 g/mol. The average Bonchev–Trinajstić information content (AvgIpc) is 3.39. The molecule has 33 heavy (non-hydrogen) atoms. The zero-order valence-electron chi connectivity index (χ0n) is 16.8. The fourth-order valence-corrected chi connectivity index (χ4v) is 4.70. The van der Waals surface area contributed by atoms with Crippen molar-refractivity contribution in [1.29, 1.82) is 0 Å². The molecule has 0 saturated carbocycles. The highest BCUT2D eigenvalue weighted by Crippen LogP contribution is 2.36. The third kappa shape index (κ3) is 4.74. The lowest BCUT2D eigenvalue weighted by Crippen LogP contribution is -2.11. The van der Waals surface area contributed by atoms with Crippen LogP contribution in [-0.4, -0.2) is 23.5 Å². The monoisotopic (exact) mass is 494 g/mol. The maximum absolute atomic E-state index is 14.4. The first-order chi connectivity index (χ1) is 15.7. The number of alkyl halides is 3. The highest BCUT2D eigenvalue weighted by molar-refractivity contribution is 7.20. The van der Waals surface area contributed by atoms with Gasteiger partial charge in [-0.05, 0) is 48.7 Å². The summed E-state index contributed by atoms with van der Waals surface area (Å²) >= 11 is 2.20. The number of aromatic nitrogens is 1. The number of halogens is 4. The minimum absolute atomic E-state index is 0.0220. The van der Waals surface area contributed by atoms with E-state index < -0.39 is 29.4 Å². The number of rotatable bonds is 5. The number of benzene rings is 2. The topological polar surface area (TPSA) is 68.3 Å². The molecule has 11 heteroatoms. The van der Waals surface area contributed by atoms with E-state index in [9.17, 15) is 27.2 Å². The lowest BCUT2D eigenvalue weighted by atomic mass is 10.1. The molecule has 4 rings (SSSR count). The zero-order valence-corrected chi connectivity index (χ0v) is 18.5. The van der Waals surface area contributed by atoms with Crippen molar-refractivity contribution in [3.8, 4) is 11.3 Å². The summed E-state index contributed by atoms with van der Waals surface area (Å²) in [6, 6.07) is 9.45. The van der Waals surface area contributed by atoms with Gasteiger partial charge < -0.3 is 4.74 Å². The van der Waals surface area contributed by atoms with Crippen LogP contribution in [-0.2, 0) is 10.9 Å². The number of nitrogens with zero attached hydrogens (tertiary/aromatic N) is 1. The molecule has 0 radical (unpaired) electrons. The fraction of sp³-hybridized carbons (Fsp3) is 0.136. The van der Waals surface area contributed by atoms with Crippen LogP contribution in [0, 0.1) is 5.82 Å². The van der Waals surface area contributed by atoms with E-state index >= 15 is 0 Å². The van der Waals surface area contributed by atoms with Crippen LogP contribution in [0.1, 0.15) is 32.5 Å². The molecule has 0 saturated heterocycles. The van der Waals surface area contributed by atoms with Gasteiger partial charge >= 0.3 is 12.1 Å². The molecule has 2 aromatic carbocycles. The van der Waals surface area contributed by atoms with Gasteiger partial charge in [-0.1, -0.05) is 6.07 Å². The van der Waals surface area contributed by atoms with Gasteiger partial charge in [-0.2, -0.15) is 13.2 Å². The van der Waals surface area contributed by atoms with Crippen molar-refractivity contribution < 1.29 is 31.9 Å². The molecule has 5 nitrogen and oxygen atoms in total. The summed E-state index contributed by atoms with van der Waals surface area (Å²) in [5.41, 5.74) is -1.43. The van der Waals surface area contributed by atoms with E-state index in [1.807, 2.05) is 0 Å². The standard InChI is InChI=1S/C22H14F4N2O3S2/c1-2-31-20(30)17-9-12-8-11(6-7-16(12)33-17)19(29)28-21-27-15(10-32-21)13-4-3-5-14(18(13)23)22(24,25)26/h3-10H,2H2,1H3,(H,27,28,29). The number of fused-ring (bicyclic) bond motifs is 1. The molecule has 4 aromatic rings. The van der Waals surface area contributed by atoms with Crippen molar-refractivity contribution in [3.63, 3.8) is 0 Å². The Morgan fingerprint density at radius 2 is 1.94 bits per heavy atom. The largest absolute Gasteiger partial charge is 0.462 e. The van der Waals surface area contributed by atoms with Crippen molar-refractivity contribution in [2.75, 3.05) is 11.9 Å². The lowest BCUT2D eigenvalue weighted by Gasteiger charge is -2.09. The summed E-state index contributed by atoms with van der Waals surface area (Å²) in [7, 11) is 0. The molecule has 0 spiro atoms. The molecule has 1 amide bonds. The Balaban J connectivity index is 1.55. The average molecular weight is 494 g/mol. The zero-order chi connectivity index (χ0) is 23.8. The van der Waals surface area contributed by atoms with E-state index in [-0.39, 0.29) is 28.6 Å². The first kappa shape index (κ1) is 22.9. The quantitative estimate of drug-likeness (QED) is 0.250. The van der Waals surface area contributed by atoms with Gasteiger partial charge in [-0.25, -0.2) is 14.2 Å². The van der Waals surface area contributed by atoms with Crippen LogP contribution in [0.15, 0.2) is 47.8 Å². The highest BCUT2D eigenvalue weighted by Gasteiger charge is 2.35. The number of thiophene rings is 1. The van der Waals surface area contributed by atoms with E-state index in [1.54, 1.807) is 31.2 Å². The van der Waals surface area contributed by atoms with Crippen molar-refractivity contribution in [1.82, 2.24) is 4.98 Å². The summed E-state index contributed by atoms with van der Waals surface area (Å²) in [4.78, 5) is 29.0. The summed E-state index contributed by atoms with van der Waals surface area (Å²) in [5, 5.41) is 4.71. The minimum Gasteiger partial charge on any atom is -0.462 e. The second-order valence-corrected chi connectivity index (χ2v) is 8.68. The summed E-state index contributed by atoms with van der Waals surface area (Å²) in [6.45, 7) is 1.96. The molecule has 170 valence electrons. The second-order valence-electron chi connectivity index (χ2n) is 6.74. The number of thiazole rings is 1. The predicted molar refractivity (Wildman–Crippen MR) is 118 cm³/mol. The van der Waals surface area contributed by atoms with Crippen LogP contribution < -0.4 is 5.32 Å². The lowest BCUT2D eigenvalue weighted by molar-refractivity contribution is -0.139. The fourth-order valence-electron chi connectivity index (χ4n) is 3.06. The van der Waals surface area contributed by atoms with Gasteiger partial charge in [0.1, 0.15) is 10.7 Å². The summed E-state index contributed by atoms with van der Waals surface area (Å²) in [6.07, 6.45) is -4.83. The van der Waals surface area contributed by atoms with Crippen LogP contribution >= 0.6 is 22.7 Å². The molecule has 0 aliphatic heterocycles. The van der Waals surface area contributed by atoms with Crippen molar-refractivity contribution in [2.45, 2.75) is 13.1 Å². The maximum atomic E-state index is 14.4. The van der Waals surface area contributed by atoms with Crippen LogP contribution in [0.3, 0.4) is 0 Å². The first-order valence-electron chi connectivity index (χ1n) is 9.51. The molecule has 0 fully saturated rings. The number of ether oxygens (including phenoxy) is 1. The Labute approximate surface area is 192 Å². The van der Waals surface area contributed by atoms with Gasteiger partial charge in [0.15, 0.2) is 5.13 Å². The smallest absolute Gasteiger partial charge is 0.419 e. The van der Waals surface area contributed by atoms with Crippen molar-refractivity contribution in [3.05, 3.63) is 69.7 Å². The van der Waals surface area contributed by atoms with Crippen molar-refractivity contribution in [2.24, 2.45) is 0 Å². The number of hydrogen-bond acceptors (Lipinski definition) is 6. The third-order valence-electron chi connectivity index (χ3n) is 4.56. The van der Waals surface area contributed by atoms with Crippen LogP contribution in [0.5, 0.6) is 0 Å². The number of carbonyl (C=O) groups excluding carboxylic acids is 2. The molecule has 1 N–H and O–H groups in total. The molecule has 0 unspecified atom stereocenters. The second kappa shape index (κ2) is 8.91. The molecule has 0 aliphatic carbocycles. The highest BCUT2D eigenvalue weighted by atomic mass is 32.1. The number of anilines is 1. The number of nitrogens with one attached hydrogen (secondary N) is 1. The van der Waals surface area contributed by atoms with Gasteiger partial charge in [0.05, 0.1) is 17.9 Å². The summed E-state index contributed by atoms with van der Waals surface area (Å²) < 4.78 is 59.0. The molecule has 0 atom stereocenters. The maximum Gasteiger partial charge on any atom is 0.419 e. The Hall–Kier alpha value is -3.31. The van der Waals surface area contributed by atoms with Crippen LogP contribution in [0.25, 0.3) is 21.3 Å². The summed E-state index contributed by atoms with van der Waals surface area (Å²) in [5.74, 6) is -2.37. The van der Waals surface area contributed by atoms with E-state index in [4.69, 9.17) is 4.74 Å². The van der Waals surface area contributed by atoms with Gasteiger partial charge in [-0.15, -0.1) is 22.7 Å². The van der Waals surface area contributed by atoms with E-state index in [0.717, 1.165) is 22.1 Å². The molecule has 2 heterocycles. The number of esters is 1. The van der Waals surface area contributed by atoms with Crippen molar-refractivity contribution >= 4 is 49.8 Å². The number of carbonyl (C=O) groups is 2. The Bertz CT molecular complexity index is 1360. The van der Waals surface area contributed by atoms with Gasteiger partial charge in [0, 0.05) is 21.2 Å². The van der Waals surface area contributed by atoms with Crippen LogP contribution in [0.2, 0.25) is 0 Å². The minimum atomic E-state index is -4.83. The predicted octanol–water partition coefficient (Wildman–Crippen LogP) is 6.61. The number of hydrogen-bond donors (Lipinski definition) is 1. The molecule has 2 aromatic heterocycles. The SMILES string of the molecule is CCOC(=O)c1cc2cc(C(=O)Nc3nc(-c4cccc(C(F)(F)F)c4F)cs3)ccc2s1. The van der Waals surface area contributed by atoms with E-state index in [1.165, 1.54) is 22.8 Å². The Morgan fingerprint density at radius 1 is 1.15 bits per heavy atom. The Kier molecular flexibility index (Phi) is 6.17. The van der Waals surface area contributed by atoms with Gasteiger partial charge in [0.2, 0.25) is 0 Å². The van der Waals surface area contributed by atoms with E-state index in [0.29, 0.717) is 16.3 Å².